The molecule has 10 rings (SSSR count). The van der Waals surface area contributed by atoms with E-state index in [2.05, 4.69) is 0 Å². The largest absolute Gasteiger partial charge is 0.507 e. The van der Waals surface area contributed by atoms with Gasteiger partial charge in [0.15, 0.2) is 57.4 Å². The highest BCUT2D eigenvalue weighted by Gasteiger charge is 2.44. The van der Waals surface area contributed by atoms with Gasteiger partial charge in [0.05, 0.1) is 50.5 Å². The Bertz CT molecular complexity index is 3660. The van der Waals surface area contributed by atoms with Crippen LogP contribution in [0.5, 0.6) is 46.0 Å². The van der Waals surface area contributed by atoms with E-state index >= 15 is 4.79 Å². The first-order valence-corrected chi connectivity index (χ1v) is 20.9. The van der Waals surface area contributed by atoms with E-state index in [4.69, 9.17) is 18.6 Å². The molecule has 21 nitrogen and oxygen atoms in total. The molecule has 6 aromatic rings. The SMILES string of the molecule is O=C1C=C(O)C2=C(O[C@H](c3ccc(O)c(O)c3)[C@@H](O)C2)/C1=C(\C(=O)O)c1c(=O)c2c(c3c(C(=O)O)c4c5c(c(=O)cc4oc13)C[C@H](O)[C@@H](c1ccc(O)c(O)c1)O5)O[C@H](c1ccc(O)c(O)c1)[C@@H](O)C=2. The summed E-state index contributed by atoms with van der Waals surface area (Å²) in [5.41, 5.74) is -8.55. The molecule has 6 atom stereocenters. The topological polar surface area (TPSA) is 369 Å². The third-order valence-electron chi connectivity index (χ3n) is 12.6. The van der Waals surface area contributed by atoms with E-state index in [0.29, 0.717) is 6.08 Å². The van der Waals surface area contributed by atoms with Crippen molar-refractivity contribution >= 4 is 51.3 Å². The van der Waals surface area contributed by atoms with Crippen LogP contribution in [0.15, 0.2) is 103 Å². The van der Waals surface area contributed by atoms with E-state index in [9.17, 15) is 80.5 Å². The first-order chi connectivity index (χ1) is 33.2. The number of ketones is 1. The van der Waals surface area contributed by atoms with Gasteiger partial charge in [-0.25, -0.2) is 9.59 Å². The molecular weight excluding hydrogens is 925 g/mol. The second-order valence-corrected chi connectivity index (χ2v) is 16.8. The molecule has 0 saturated heterocycles. The number of aliphatic hydroxyl groups excluding tert-OH is 4. The van der Waals surface area contributed by atoms with Gasteiger partial charge in [0.2, 0.25) is 5.43 Å². The molecule has 12 N–H and O–H groups in total. The molecule has 0 bridgehead atoms. The van der Waals surface area contributed by atoms with Crippen molar-refractivity contribution in [2.24, 2.45) is 0 Å². The fraction of sp³-hybridized carbons (Fsp3) is 0.163. The summed E-state index contributed by atoms with van der Waals surface area (Å²) >= 11 is 0. The minimum Gasteiger partial charge on any atom is -0.507 e. The molecule has 1 aromatic heterocycles. The number of phenolic OH excluding ortho intramolecular Hbond substituents is 6. The van der Waals surface area contributed by atoms with E-state index in [0.717, 1.165) is 48.5 Å². The Balaban J connectivity index is 1.32. The lowest BCUT2D eigenvalue weighted by Crippen LogP contribution is -2.40. The van der Waals surface area contributed by atoms with Crippen LogP contribution in [0.2, 0.25) is 0 Å². The number of carboxylic acids is 2. The number of ether oxygens (including phenoxy) is 3. The molecule has 0 saturated carbocycles. The summed E-state index contributed by atoms with van der Waals surface area (Å²) in [5.74, 6) is -11.4. The van der Waals surface area contributed by atoms with E-state index < -0.39 is 185 Å². The number of aliphatic carboxylic acids is 1. The summed E-state index contributed by atoms with van der Waals surface area (Å²) in [5, 5.41) is 127. The summed E-state index contributed by atoms with van der Waals surface area (Å²) in [6.07, 6.45) is -9.02. The van der Waals surface area contributed by atoms with Crippen molar-refractivity contribution in [2.75, 3.05) is 0 Å². The molecule has 70 heavy (non-hydrogen) atoms. The smallest absolute Gasteiger partial charge is 0.337 e. The number of fused-ring (bicyclic) bond motifs is 6. The Morgan fingerprint density at radius 1 is 0.600 bits per heavy atom. The maximum Gasteiger partial charge on any atom is 0.337 e. The first-order valence-electron chi connectivity index (χ1n) is 20.9. The molecule has 4 heterocycles. The van der Waals surface area contributed by atoms with Crippen LogP contribution in [-0.2, 0) is 20.7 Å². The summed E-state index contributed by atoms with van der Waals surface area (Å²) in [6.45, 7) is 0. The number of carbonyl (C=O) groups excluding carboxylic acids is 1. The Hall–Kier alpha value is -9.05. The molecule has 21 heteroatoms. The van der Waals surface area contributed by atoms with Gasteiger partial charge >= 0.3 is 11.9 Å². The second-order valence-electron chi connectivity index (χ2n) is 16.8. The lowest BCUT2D eigenvalue weighted by atomic mass is 9.83. The summed E-state index contributed by atoms with van der Waals surface area (Å²) in [6, 6.07) is 10.8. The number of hydrogen-bond acceptors (Lipinski definition) is 19. The van der Waals surface area contributed by atoms with Gasteiger partial charge in [0.1, 0.15) is 46.9 Å². The number of aliphatic hydroxyl groups is 4. The first kappa shape index (κ1) is 44.8. The zero-order valence-electron chi connectivity index (χ0n) is 35.3. The van der Waals surface area contributed by atoms with Gasteiger partial charge < -0.3 is 79.9 Å². The summed E-state index contributed by atoms with van der Waals surface area (Å²) in [4.78, 5) is 71.1. The molecule has 0 amide bonds. The molecule has 5 aromatic carbocycles. The van der Waals surface area contributed by atoms with E-state index in [1.165, 1.54) is 18.2 Å². The summed E-state index contributed by atoms with van der Waals surface area (Å²) < 4.78 is 24.8. The van der Waals surface area contributed by atoms with Crippen molar-refractivity contribution in [3.63, 3.8) is 0 Å². The van der Waals surface area contributed by atoms with Crippen molar-refractivity contribution in [3.8, 4) is 46.0 Å². The zero-order valence-corrected chi connectivity index (χ0v) is 35.3. The van der Waals surface area contributed by atoms with Gasteiger partial charge in [-0.15, -0.1) is 0 Å². The molecule has 0 spiro atoms. The van der Waals surface area contributed by atoms with E-state index in [-0.39, 0.29) is 27.8 Å². The fourth-order valence-electron chi connectivity index (χ4n) is 9.34. The Morgan fingerprint density at radius 3 is 1.70 bits per heavy atom. The number of benzene rings is 5. The van der Waals surface area contributed by atoms with Crippen molar-refractivity contribution in [1.82, 2.24) is 0 Å². The maximum absolute atomic E-state index is 15.2. The number of aromatic hydroxyl groups is 6. The monoisotopic (exact) mass is 958 g/mol. The highest BCUT2D eigenvalue weighted by Crippen LogP contribution is 2.49. The standard InChI is InChI=1S/C49H34O21/c50-21-4-1-15(7-26(21)55)41-30(59)10-18-24(53)13-29(58)34(44(18)68-41)36(48(63)64)38-40(62)20-12-32(61)43(17-3-6-23(52)28(57)9-17)70-46(20)39-37(49(65)66)35-33(67-47(38)39)14-25(54)19-11-31(60)42(69-45(19)35)16-2-5-22(51)27(56)8-16/h1-9,12-14,30-32,41-43,50-53,55-57,59-61H,10-11H2,(H,63,64)(H,65,66)/b36-34-/t30-,31-,32-,41+,42+,43+/m0/s1. The van der Waals surface area contributed by atoms with Crippen LogP contribution in [0.4, 0.5) is 0 Å². The van der Waals surface area contributed by atoms with E-state index in [1.807, 2.05) is 0 Å². The quantitative estimate of drug-likeness (QED) is 0.0648. The van der Waals surface area contributed by atoms with Gasteiger partial charge in [-0.2, -0.15) is 0 Å². The summed E-state index contributed by atoms with van der Waals surface area (Å²) in [7, 11) is 0. The Kier molecular flexibility index (Phi) is 10.3. The fourth-order valence-corrected chi connectivity index (χ4v) is 9.34. The van der Waals surface area contributed by atoms with Gasteiger partial charge in [0, 0.05) is 36.1 Å². The van der Waals surface area contributed by atoms with Crippen molar-refractivity contribution < 1.29 is 94.3 Å². The van der Waals surface area contributed by atoms with Gasteiger partial charge in [-0.05, 0) is 59.2 Å². The van der Waals surface area contributed by atoms with Gasteiger partial charge in [0.25, 0.3) is 0 Å². The molecule has 1 aliphatic carbocycles. The second kappa shape index (κ2) is 16.0. The van der Waals surface area contributed by atoms with Crippen LogP contribution in [0.25, 0.3) is 33.6 Å². The predicted molar refractivity (Wildman–Crippen MR) is 236 cm³/mol. The third-order valence-corrected chi connectivity index (χ3v) is 12.6. The Labute approximate surface area is 388 Å². The van der Waals surface area contributed by atoms with Crippen molar-refractivity contribution in [3.05, 3.63) is 148 Å². The molecule has 356 valence electrons. The maximum atomic E-state index is 15.2. The van der Waals surface area contributed by atoms with Crippen LogP contribution in [0.3, 0.4) is 0 Å². The molecule has 0 radical (unpaired) electrons. The highest BCUT2D eigenvalue weighted by atomic mass is 16.5. The highest BCUT2D eigenvalue weighted by molar-refractivity contribution is 6.30. The minimum atomic E-state index is -2.05. The number of carboxylic acid groups (broad SMARTS) is 2. The van der Waals surface area contributed by atoms with Crippen LogP contribution in [0, 0.1) is 0 Å². The average Bonchev–Trinajstić information content (AvgIpc) is 3.30. The van der Waals surface area contributed by atoms with Gasteiger partial charge in [-0.1, -0.05) is 18.2 Å². The number of phenols is 6. The Morgan fingerprint density at radius 2 is 1.14 bits per heavy atom. The van der Waals surface area contributed by atoms with Crippen LogP contribution < -0.4 is 25.5 Å². The molecule has 0 fully saturated rings. The van der Waals surface area contributed by atoms with Crippen LogP contribution in [0.1, 0.15) is 62.9 Å². The molecule has 4 aliphatic rings. The number of aromatic carboxylic acids is 1. The third kappa shape index (κ3) is 6.85. The number of allylic oxidation sites excluding steroid dienone is 3. The lowest BCUT2D eigenvalue weighted by molar-refractivity contribution is -0.130. The van der Waals surface area contributed by atoms with Crippen LogP contribution in [-0.4, -0.2) is 97.3 Å². The number of carbonyl (C=O) groups is 3. The molecular formula is C49H34O21. The van der Waals surface area contributed by atoms with E-state index in [1.54, 1.807) is 0 Å². The molecule has 3 aliphatic heterocycles. The predicted octanol–water partition coefficient (Wildman–Crippen LogP) is 2.91. The number of rotatable bonds is 6. The van der Waals surface area contributed by atoms with Crippen molar-refractivity contribution in [1.29, 1.82) is 0 Å². The van der Waals surface area contributed by atoms with Gasteiger partial charge in [-0.3, -0.25) is 14.4 Å². The lowest BCUT2D eigenvalue weighted by Gasteiger charge is -2.35. The average molecular weight is 959 g/mol. The number of hydrogen-bond donors (Lipinski definition) is 12. The normalized spacial score (nSPS) is 22.4. The zero-order chi connectivity index (χ0) is 49.9. The van der Waals surface area contributed by atoms with Crippen molar-refractivity contribution in [2.45, 2.75) is 49.5 Å². The molecule has 0 unspecified atom stereocenters. The minimum absolute atomic E-state index is 0.00319. The van der Waals surface area contributed by atoms with Crippen LogP contribution >= 0.6 is 0 Å².